The van der Waals surface area contributed by atoms with E-state index in [1.165, 1.54) is 0 Å². The van der Waals surface area contributed by atoms with Crippen LogP contribution >= 0.6 is 0 Å². The van der Waals surface area contributed by atoms with E-state index in [1.807, 2.05) is 7.05 Å². The molecule has 1 N–H and O–H groups in total. The monoisotopic (exact) mass is 276 g/mol. The second-order valence-electron chi connectivity index (χ2n) is 5.32. The van der Waals surface area contributed by atoms with Crippen LogP contribution in [-0.4, -0.2) is 70.3 Å². The molecule has 2 fully saturated rings. The summed E-state index contributed by atoms with van der Waals surface area (Å²) in [6.07, 6.45) is 3.57. The van der Waals surface area contributed by atoms with Crippen molar-refractivity contribution in [1.29, 1.82) is 0 Å². The quantitative estimate of drug-likeness (QED) is 0.775. The standard InChI is InChI=1S/C12H24N2O3S/c1-13-9-11-3-4-12(17-11)10-14-5-2-7-18(15,16)8-6-14/h11-13H,2-10H2,1H3. The van der Waals surface area contributed by atoms with Gasteiger partial charge in [0.25, 0.3) is 0 Å². The first-order valence-corrected chi connectivity index (χ1v) is 8.64. The Kier molecular flexibility index (Phi) is 5.00. The smallest absolute Gasteiger partial charge is 0.151 e. The molecule has 0 radical (unpaired) electrons. The highest BCUT2D eigenvalue weighted by molar-refractivity contribution is 7.91. The van der Waals surface area contributed by atoms with E-state index in [-0.39, 0.29) is 6.10 Å². The first-order valence-electron chi connectivity index (χ1n) is 6.82. The number of nitrogens with zero attached hydrogens (tertiary/aromatic N) is 1. The van der Waals surface area contributed by atoms with Gasteiger partial charge in [-0.2, -0.15) is 0 Å². The average molecular weight is 276 g/mol. The van der Waals surface area contributed by atoms with Crippen LogP contribution in [0.15, 0.2) is 0 Å². The second kappa shape index (κ2) is 6.32. The maximum absolute atomic E-state index is 11.5. The van der Waals surface area contributed by atoms with E-state index in [2.05, 4.69) is 10.2 Å². The van der Waals surface area contributed by atoms with E-state index in [1.54, 1.807) is 0 Å². The van der Waals surface area contributed by atoms with Crippen molar-refractivity contribution in [2.24, 2.45) is 0 Å². The van der Waals surface area contributed by atoms with Crippen LogP contribution in [0, 0.1) is 0 Å². The summed E-state index contributed by atoms with van der Waals surface area (Å²) >= 11 is 0. The molecule has 0 saturated carbocycles. The molecule has 0 aromatic heterocycles. The molecule has 2 aliphatic heterocycles. The van der Waals surface area contributed by atoms with Crippen molar-refractivity contribution < 1.29 is 13.2 Å². The second-order valence-corrected chi connectivity index (χ2v) is 7.62. The zero-order chi connectivity index (χ0) is 13.0. The summed E-state index contributed by atoms with van der Waals surface area (Å²) in [6.45, 7) is 3.34. The highest BCUT2D eigenvalue weighted by Gasteiger charge is 2.27. The predicted octanol–water partition coefficient (Wildman–Crippen LogP) is -0.126. The predicted molar refractivity (Wildman–Crippen MR) is 71.5 cm³/mol. The summed E-state index contributed by atoms with van der Waals surface area (Å²) in [5.74, 6) is 0.650. The molecule has 0 aliphatic carbocycles. The lowest BCUT2D eigenvalue weighted by Gasteiger charge is -2.23. The third kappa shape index (κ3) is 4.19. The van der Waals surface area contributed by atoms with Gasteiger partial charge in [-0.15, -0.1) is 0 Å². The summed E-state index contributed by atoms with van der Waals surface area (Å²) in [4.78, 5) is 2.25. The number of hydrogen-bond donors (Lipinski definition) is 1. The third-order valence-electron chi connectivity index (χ3n) is 3.74. The van der Waals surface area contributed by atoms with Gasteiger partial charge in [0.05, 0.1) is 23.7 Å². The van der Waals surface area contributed by atoms with Gasteiger partial charge >= 0.3 is 0 Å². The number of likely N-dealkylation sites (N-methyl/N-ethyl adjacent to an activating group) is 1. The molecule has 0 amide bonds. The van der Waals surface area contributed by atoms with E-state index >= 15 is 0 Å². The molecule has 0 spiro atoms. The Bertz CT molecular complexity index is 358. The van der Waals surface area contributed by atoms with Crippen LogP contribution in [0.2, 0.25) is 0 Å². The van der Waals surface area contributed by atoms with E-state index in [0.717, 1.165) is 38.9 Å². The molecule has 2 unspecified atom stereocenters. The molecule has 2 rings (SSSR count). The molecular weight excluding hydrogens is 252 g/mol. The summed E-state index contributed by atoms with van der Waals surface area (Å²) in [7, 11) is -0.857. The zero-order valence-electron chi connectivity index (χ0n) is 11.1. The van der Waals surface area contributed by atoms with Crippen LogP contribution in [0.5, 0.6) is 0 Å². The van der Waals surface area contributed by atoms with Gasteiger partial charge < -0.3 is 10.1 Å². The van der Waals surface area contributed by atoms with E-state index < -0.39 is 9.84 Å². The van der Waals surface area contributed by atoms with Gasteiger partial charge in [-0.25, -0.2) is 8.42 Å². The number of hydrogen-bond acceptors (Lipinski definition) is 5. The van der Waals surface area contributed by atoms with Crippen LogP contribution in [0.1, 0.15) is 19.3 Å². The Morgan fingerprint density at radius 2 is 2.00 bits per heavy atom. The first-order chi connectivity index (χ1) is 8.59. The molecule has 2 aliphatic rings. The van der Waals surface area contributed by atoms with Gasteiger partial charge in [0.2, 0.25) is 0 Å². The minimum absolute atomic E-state index is 0.282. The lowest BCUT2D eigenvalue weighted by Crippen LogP contribution is -2.35. The molecule has 5 nitrogen and oxygen atoms in total. The molecule has 6 heteroatoms. The van der Waals surface area contributed by atoms with Gasteiger partial charge in [-0.1, -0.05) is 0 Å². The molecule has 0 aromatic rings. The number of nitrogens with one attached hydrogen (secondary N) is 1. The highest BCUT2D eigenvalue weighted by Crippen LogP contribution is 2.20. The van der Waals surface area contributed by atoms with Gasteiger partial charge in [-0.3, -0.25) is 4.90 Å². The van der Waals surface area contributed by atoms with Crippen molar-refractivity contribution in [2.45, 2.75) is 31.5 Å². The van der Waals surface area contributed by atoms with Gasteiger partial charge in [0.15, 0.2) is 9.84 Å². The molecule has 106 valence electrons. The summed E-state index contributed by atoms with van der Waals surface area (Å²) in [6, 6.07) is 0. The highest BCUT2D eigenvalue weighted by atomic mass is 32.2. The van der Waals surface area contributed by atoms with Crippen LogP contribution in [-0.2, 0) is 14.6 Å². The maximum atomic E-state index is 11.5. The molecule has 0 aromatic carbocycles. The molecule has 0 bridgehead atoms. The Morgan fingerprint density at radius 3 is 2.78 bits per heavy atom. The van der Waals surface area contributed by atoms with Crippen molar-refractivity contribution in [3.8, 4) is 0 Å². The average Bonchev–Trinajstić information content (AvgIpc) is 2.66. The molecule has 2 atom stereocenters. The van der Waals surface area contributed by atoms with Crippen molar-refractivity contribution in [1.82, 2.24) is 10.2 Å². The molecular formula is C12H24N2O3S. The van der Waals surface area contributed by atoms with Gasteiger partial charge in [0, 0.05) is 19.6 Å². The lowest BCUT2D eigenvalue weighted by atomic mass is 10.2. The van der Waals surface area contributed by atoms with Crippen molar-refractivity contribution in [3.05, 3.63) is 0 Å². The van der Waals surface area contributed by atoms with Gasteiger partial charge in [0.1, 0.15) is 0 Å². The fraction of sp³-hybridized carbons (Fsp3) is 1.00. The maximum Gasteiger partial charge on any atom is 0.151 e. The van der Waals surface area contributed by atoms with E-state index in [0.29, 0.717) is 24.2 Å². The number of rotatable bonds is 4. The fourth-order valence-corrected chi connectivity index (χ4v) is 4.06. The van der Waals surface area contributed by atoms with Crippen molar-refractivity contribution in [3.63, 3.8) is 0 Å². The zero-order valence-corrected chi connectivity index (χ0v) is 11.9. The van der Waals surface area contributed by atoms with E-state index in [9.17, 15) is 8.42 Å². The number of ether oxygens (including phenoxy) is 1. The summed E-state index contributed by atoms with van der Waals surface area (Å²) < 4.78 is 29.0. The Balaban J connectivity index is 1.77. The number of sulfone groups is 1. The fourth-order valence-electron chi connectivity index (χ4n) is 2.75. The molecule has 2 saturated heterocycles. The first kappa shape index (κ1) is 14.2. The van der Waals surface area contributed by atoms with Crippen LogP contribution < -0.4 is 5.32 Å². The normalized spacial score (nSPS) is 33.4. The minimum Gasteiger partial charge on any atom is -0.372 e. The van der Waals surface area contributed by atoms with Crippen LogP contribution in [0.3, 0.4) is 0 Å². The molecule has 2 heterocycles. The Labute approximate surface area is 110 Å². The molecule has 18 heavy (non-hydrogen) atoms. The van der Waals surface area contributed by atoms with Crippen LogP contribution in [0.4, 0.5) is 0 Å². The third-order valence-corrected chi connectivity index (χ3v) is 5.45. The lowest BCUT2D eigenvalue weighted by molar-refractivity contribution is 0.0255. The summed E-state index contributed by atoms with van der Waals surface area (Å²) in [5.41, 5.74) is 0. The van der Waals surface area contributed by atoms with Crippen molar-refractivity contribution in [2.75, 3.05) is 44.7 Å². The largest absolute Gasteiger partial charge is 0.372 e. The SMILES string of the molecule is CNCC1CCC(CN2CCCS(=O)(=O)CC2)O1. The Morgan fingerprint density at radius 1 is 1.22 bits per heavy atom. The Hall–Kier alpha value is -0.170. The van der Waals surface area contributed by atoms with E-state index in [4.69, 9.17) is 4.74 Å². The van der Waals surface area contributed by atoms with Gasteiger partial charge in [-0.05, 0) is 32.9 Å². The summed E-state index contributed by atoms with van der Waals surface area (Å²) in [5, 5.41) is 3.14. The topological polar surface area (TPSA) is 58.6 Å². The minimum atomic E-state index is -2.80. The van der Waals surface area contributed by atoms with Crippen molar-refractivity contribution >= 4 is 9.84 Å². The van der Waals surface area contributed by atoms with Crippen LogP contribution in [0.25, 0.3) is 0 Å².